The zero-order valence-corrected chi connectivity index (χ0v) is 12.7. The van der Waals surface area contributed by atoms with E-state index in [-0.39, 0.29) is 11.9 Å². The normalized spacial score (nSPS) is 24.2. The van der Waals surface area contributed by atoms with Crippen LogP contribution >= 0.6 is 15.9 Å². The average molecular weight is 326 g/mol. The molecule has 19 heavy (non-hydrogen) atoms. The van der Waals surface area contributed by atoms with Crippen LogP contribution in [0, 0.1) is 5.92 Å². The van der Waals surface area contributed by atoms with Gasteiger partial charge in [-0.2, -0.15) is 0 Å². The number of carbonyl (C=O) groups is 1. The van der Waals surface area contributed by atoms with E-state index in [0.29, 0.717) is 12.5 Å². The Morgan fingerprint density at radius 2 is 2.16 bits per heavy atom. The van der Waals surface area contributed by atoms with Crippen molar-refractivity contribution in [1.29, 1.82) is 0 Å². The lowest BCUT2D eigenvalue weighted by Crippen LogP contribution is -2.48. The molecule has 104 valence electrons. The summed E-state index contributed by atoms with van der Waals surface area (Å²) in [6, 6.07) is 7.87. The lowest BCUT2D eigenvalue weighted by atomic mass is 9.95. The summed E-state index contributed by atoms with van der Waals surface area (Å²) in [7, 11) is 0. The van der Waals surface area contributed by atoms with Crippen LogP contribution < -0.4 is 11.1 Å². The Kier molecular flexibility index (Phi) is 4.96. The largest absolute Gasteiger partial charge is 0.327 e. The summed E-state index contributed by atoms with van der Waals surface area (Å²) in [5.41, 5.74) is 6.81. The first-order valence-electron chi connectivity index (χ1n) is 6.58. The SMILES string of the molecule is CC1CN(CC(=O)Nc2ccc(Br)cc2)CCC1N. The highest BCUT2D eigenvalue weighted by Crippen LogP contribution is 2.16. The molecular weight excluding hydrogens is 306 g/mol. The Morgan fingerprint density at radius 1 is 1.47 bits per heavy atom. The Morgan fingerprint density at radius 3 is 2.79 bits per heavy atom. The first-order valence-corrected chi connectivity index (χ1v) is 7.37. The highest BCUT2D eigenvalue weighted by Gasteiger charge is 2.24. The fraction of sp³-hybridized carbons (Fsp3) is 0.500. The van der Waals surface area contributed by atoms with Gasteiger partial charge in [-0.25, -0.2) is 0 Å². The highest BCUT2D eigenvalue weighted by molar-refractivity contribution is 9.10. The van der Waals surface area contributed by atoms with E-state index in [1.807, 2.05) is 24.3 Å². The number of nitrogens with one attached hydrogen (secondary N) is 1. The number of piperidine rings is 1. The maximum Gasteiger partial charge on any atom is 0.238 e. The van der Waals surface area contributed by atoms with E-state index in [1.165, 1.54) is 0 Å². The molecule has 1 heterocycles. The van der Waals surface area contributed by atoms with Crippen LogP contribution in [0.1, 0.15) is 13.3 Å². The van der Waals surface area contributed by atoms with Crippen LogP contribution in [0.25, 0.3) is 0 Å². The maximum absolute atomic E-state index is 12.0. The van der Waals surface area contributed by atoms with Gasteiger partial charge in [0.05, 0.1) is 6.54 Å². The summed E-state index contributed by atoms with van der Waals surface area (Å²) in [6.07, 6.45) is 0.965. The number of likely N-dealkylation sites (tertiary alicyclic amines) is 1. The third-order valence-electron chi connectivity index (χ3n) is 3.55. The zero-order valence-electron chi connectivity index (χ0n) is 11.1. The number of amides is 1. The lowest BCUT2D eigenvalue weighted by Gasteiger charge is -2.34. The van der Waals surface area contributed by atoms with Crippen molar-refractivity contribution < 1.29 is 4.79 Å². The van der Waals surface area contributed by atoms with E-state index in [2.05, 4.69) is 33.1 Å². The van der Waals surface area contributed by atoms with E-state index in [1.54, 1.807) is 0 Å². The molecule has 5 heteroatoms. The van der Waals surface area contributed by atoms with Crippen molar-refractivity contribution in [3.63, 3.8) is 0 Å². The molecule has 2 unspecified atom stereocenters. The summed E-state index contributed by atoms with van der Waals surface area (Å²) in [4.78, 5) is 14.1. The molecule has 1 saturated heterocycles. The second-order valence-electron chi connectivity index (χ2n) is 5.22. The van der Waals surface area contributed by atoms with Gasteiger partial charge in [0.15, 0.2) is 0 Å². The van der Waals surface area contributed by atoms with Gasteiger partial charge in [-0.05, 0) is 36.6 Å². The summed E-state index contributed by atoms with van der Waals surface area (Å²) >= 11 is 3.37. The van der Waals surface area contributed by atoms with Crippen LogP contribution in [0.5, 0.6) is 0 Å². The Bertz CT molecular complexity index is 435. The second kappa shape index (κ2) is 6.50. The van der Waals surface area contributed by atoms with Crippen molar-refractivity contribution >= 4 is 27.5 Å². The van der Waals surface area contributed by atoms with E-state index >= 15 is 0 Å². The minimum absolute atomic E-state index is 0.0324. The standard InChI is InChI=1S/C14H20BrN3O/c1-10-8-18(7-6-13(10)16)9-14(19)17-12-4-2-11(15)3-5-12/h2-5,10,13H,6-9,16H2,1H3,(H,17,19). The van der Waals surface area contributed by atoms with Gasteiger partial charge in [0.1, 0.15) is 0 Å². The lowest BCUT2D eigenvalue weighted by molar-refractivity contribution is -0.117. The number of carbonyl (C=O) groups excluding carboxylic acids is 1. The minimum Gasteiger partial charge on any atom is -0.327 e. The number of benzene rings is 1. The predicted octanol–water partition coefficient (Wildman–Crippen LogP) is 2.06. The molecule has 1 aliphatic rings. The molecule has 0 bridgehead atoms. The Labute approximate surface area is 122 Å². The smallest absolute Gasteiger partial charge is 0.238 e. The van der Waals surface area contributed by atoms with Crippen LogP contribution in [0.3, 0.4) is 0 Å². The van der Waals surface area contributed by atoms with Gasteiger partial charge in [0.2, 0.25) is 5.91 Å². The molecule has 0 aromatic heterocycles. The number of halogens is 1. The van der Waals surface area contributed by atoms with E-state index < -0.39 is 0 Å². The number of rotatable bonds is 3. The molecule has 1 aromatic rings. The molecule has 2 rings (SSSR count). The third-order valence-corrected chi connectivity index (χ3v) is 4.08. The topological polar surface area (TPSA) is 58.4 Å². The van der Waals surface area contributed by atoms with Crippen LogP contribution in [-0.2, 0) is 4.79 Å². The van der Waals surface area contributed by atoms with Gasteiger partial charge in [-0.15, -0.1) is 0 Å². The van der Waals surface area contributed by atoms with Gasteiger partial charge >= 0.3 is 0 Å². The van der Waals surface area contributed by atoms with Gasteiger partial charge in [-0.1, -0.05) is 22.9 Å². The minimum atomic E-state index is 0.0324. The molecule has 0 radical (unpaired) electrons. The fourth-order valence-corrected chi connectivity index (χ4v) is 2.59. The van der Waals surface area contributed by atoms with Crippen molar-refractivity contribution in [1.82, 2.24) is 4.90 Å². The molecule has 2 atom stereocenters. The quantitative estimate of drug-likeness (QED) is 0.894. The van der Waals surface area contributed by atoms with E-state index in [0.717, 1.165) is 29.7 Å². The van der Waals surface area contributed by atoms with Gasteiger partial charge in [0.25, 0.3) is 0 Å². The number of nitrogens with two attached hydrogens (primary N) is 1. The molecule has 1 aromatic carbocycles. The monoisotopic (exact) mass is 325 g/mol. The summed E-state index contributed by atoms with van der Waals surface area (Å²) < 4.78 is 1.00. The summed E-state index contributed by atoms with van der Waals surface area (Å²) in [5, 5.41) is 2.91. The number of hydrogen-bond donors (Lipinski definition) is 2. The third kappa shape index (κ3) is 4.30. The summed E-state index contributed by atoms with van der Waals surface area (Å²) in [6.45, 7) is 4.38. The van der Waals surface area contributed by atoms with Crippen molar-refractivity contribution in [2.24, 2.45) is 11.7 Å². The van der Waals surface area contributed by atoms with Crippen molar-refractivity contribution in [3.05, 3.63) is 28.7 Å². The zero-order chi connectivity index (χ0) is 13.8. The first kappa shape index (κ1) is 14.5. The van der Waals surface area contributed by atoms with Crippen molar-refractivity contribution in [2.45, 2.75) is 19.4 Å². The van der Waals surface area contributed by atoms with Gasteiger partial charge in [0, 0.05) is 29.3 Å². The molecule has 4 nitrogen and oxygen atoms in total. The summed E-state index contributed by atoms with van der Waals surface area (Å²) in [5.74, 6) is 0.485. The van der Waals surface area contributed by atoms with Crippen LogP contribution in [0.4, 0.5) is 5.69 Å². The predicted molar refractivity (Wildman–Crippen MR) is 81.0 cm³/mol. The van der Waals surface area contributed by atoms with Crippen LogP contribution in [0.15, 0.2) is 28.7 Å². The fourth-order valence-electron chi connectivity index (χ4n) is 2.33. The van der Waals surface area contributed by atoms with Gasteiger partial charge in [-0.3, -0.25) is 9.69 Å². The maximum atomic E-state index is 12.0. The molecule has 0 saturated carbocycles. The molecule has 0 spiro atoms. The van der Waals surface area contributed by atoms with Crippen molar-refractivity contribution in [2.75, 3.05) is 25.0 Å². The highest BCUT2D eigenvalue weighted by atomic mass is 79.9. The molecular formula is C14H20BrN3O. The first-order chi connectivity index (χ1) is 9.04. The van der Waals surface area contributed by atoms with Crippen LogP contribution in [0.2, 0.25) is 0 Å². The van der Waals surface area contributed by atoms with Crippen LogP contribution in [-0.4, -0.2) is 36.5 Å². The number of hydrogen-bond acceptors (Lipinski definition) is 3. The average Bonchev–Trinajstić information content (AvgIpc) is 2.37. The van der Waals surface area contributed by atoms with Gasteiger partial charge < -0.3 is 11.1 Å². The van der Waals surface area contributed by atoms with E-state index in [9.17, 15) is 4.79 Å². The molecule has 1 fully saturated rings. The van der Waals surface area contributed by atoms with Crippen molar-refractivity contribution in [3.8, 4) is 0 Å². The Hall–Kier alpha value is -0.910. The van der Waals surface area contributed by atoms with E-state index in [4.69, 9.17) is 5.73 Å². The molecule has 3 N–H and O–H groups in total. The molecule has 1 aliphatic heterocycles. The molecule has 0 aliphatic carbocycles. The second-order valence-corrected chi connectivity index (χ2v) is 6.14. The number of anilines is 1. The number of nitrogens with zero attached hydrogens (tertiary/aromatic N) is 1. The Balaban J connectivity index is 1.83. The molecule has 1 amide bonds.